The maximum Gasteiger partial charge on any atom is 0.410 e. The molecule has 1 heterocycles. The highest BCUT2D eigenvalue weighted by molar-refractivity contribution is 5.90. The van der Waals surface area contributed by atoms with E-state index in [1.54, 1.807) is 0 Å². The van der Waals surface area contributed by atoms with Crippen LogP contribution in [0.2, 0.25) is 0 Å². The smallest absolute Gasteiger partial charge is 0.410 e. The largest absolute Gasteiger partial charge is 0.445 e. The van der Waals surface area contributed by atoms with Crippen molar-refractivity contribution in [2.45, 2.75) is 56.8 Å². The summed E-state index contributed by atoms with van der Waals surface area (Å²) in [5, 5.41) is 0. The van der Waals surface area contributed by atoms with Gasteiger partial charge in [0.05, 0.1) is 12.7 Å². The van der Waals surface area contributed by atoms with E-state index in [1.807, 2.05) is 36.4 Å². The molecule has 30 heavy (non-hydrogen) atoms. The number of hydrogen-bond acceptors (Lipinski definition) is 4. The van der Waals surface area contributed by atoms with Crippen molar-refractivity contribution in [3.63, 3.8) is 0 Å². The van der Waals surface area contributed by atoms with Crippen LogP contribution in [0.5, 0.6) is 0 Å². The summed E-state index contributed by atoms with van der Waals surface area (Å²) in [4.78, 5) is 26.4. The van der Waals surface area contributed by atoms with Gasteiger partial charge in [0.25, 0.3) is 0 Å². The molecule has 1 amide bonds. The van der Waals surface area contributed by atoms with Crippen LogP contribution in [0.25, 0.3) is 0 Å². The molecule has 2 fully saturated rings. The molecule has 158 valence electrons. The van der Waals surface area contributed by atoms with Gasteiger partial charge in [0.15, 0.2) is 5.78 Å². The predicted octanol–water partition coefficient (Wildman–Crippen LogP) is 4.71. The van der Waals surface area contributed by atoms with Gasteiger partial charge in [0.2, 0.25) is 0 Å². The fraction of sp³-hybridized carbons (Fsp3) is 0.440. The lowest BCUT2D eigenvalue weighted by Crippen LogP contribution is -2.42. The Morgan fingerprint density at radius 2 is 1.60 bits per heavy atom. The summed E-state index contributed by atoms with van der Waals surface area (Å²) in [6, 6.07) is 19.7. The minimum absolute atomic E-state index is 0.0598. The Hall–Kier alpha value is -2.66. The van der Waals surface area contributed by atoms with Gasteiger partial charge in [0, 0.05) is 13.0 Å². The second-order valence-electron chi connectivity index (χ2n) is 8.18. The average molecular weight is 408 g/mol. The first-order valence-corrected chi connectivity index (χ1v) is 10.9. The standard InChI is InChI=1S/C25H29NO4/c27-24-15-16-26(25(28)30-17-19-7-3-1-4-8-19)23(24)18-29-22-13-11-21(12-14-22)20-9-5-2-6-10-20/h1-10,21-23H,11-18H2/t21-,22+,23?. The first kappa shape index (κ1) is 20.6. The van der Waals surface area contributed by atoms with E-state index in [4.69, 9.17) is 9.47 Å². The van der Waals surface area contributed by atoms with Crippen LogP contribution in [0.15, 0.2) is 60.7 Å². The molecule has 0 radical (unpaired) electrons. The molecule has 1 aliphatic heterocycles. The van der Waals surface area contributed by atoms with Gasteiger partial charge >= 0.3 is 6.09 Å². The number of rotatable bonds is 6. The Morgan fingerprint density at radius 1 is 0.933 bits per heavy atom. The zero-order valence-electron chi connectivity index (χ0n) is 17.2. The summed E-state index contributed by atoms with van der Waals surface area (Å²) >= 11 is 0. The van der Waals surface area contributed by atoms with Gasteiger partial charge in [-0.2, -0.15) is 0 Å². The molecule has 2 aliphatic rings. The van der Waals surface area contributed by atoms with E-state index >= 15 is 0 Å². The zero-order valence-corrected chi connectivity index (χ0v) is 17.2. The maximum absolute atomic E-state index is 12.5. The highest BCUT2D eigenvalue weighted by atomic mass is 16.6. The number of benzene rings is 2. The van der Waals surface area contributed by atoms with Crippen LogP contribution in [-0.4, -0.2) is 42.1 Å². The van der Waals surface area contributed by atoms with Crippen molar-refractivity contribution >= 4 is 11.9 Å². The molecular weight excluding hydrogens is 378 g/mol. The molecule has 1 unspecified atom stereocenters. The van der Waals surface area contributed by atoms with Gasteiger partial charge < -0.3 is 9.47 Å². The summed E-state index contributed by atoms with van der Waals surface area (Å²) in [5.74, 6) is 0.647. The normalized spacial score (nSPS) is 24.1. The molecule has 2 aromatic carbocycles. The van der Waals surface area contributed by atoms with Crippen LogP contribution in [-0.2, 0) is 20.9 Å². The molecule has 1 saturated carbocycles. The number of likely N-dealkylation sites (tertiary alicyclic amines) is 1. The Kier molecular flexibility index (Phi) is 6.80. The molecule has 0 N–H and O–H groups in total. The van der Waals surface area contributed by atoms with Crippen LogP contribution in [0.1, 0.15) is 49.1 Å². The number of ether oxygens (including phenoxy) is 2. The lowest BCUT2D eigenvalue weighted by molar-refractivity contribution is -0.122. The molecular formula is C25H29NO4. The monoisotopic (exact) mass is 407 g/mol. The highest BCUT2D eigenvalue weighted by Gasteiger charge is 2.37. The van der Waals surface area contributed by atoms with Gasteiger partial charge in [0.1, 0.15) is 12.6 Å². The first-order chi connectivity index (χ1) is 14.7. The number of ketones is 1. The van der Waals surface area contributed by atoms with E-state index in [0.29, 0.717) is 18.9 Å². The molecule has 0 aromatic heterocycles. The average Bonchev–Trinajstić information content (AvgIpc) is 3.18. The summed E-state index contributed by atoms with van der Waals surface area (Å²) in [7, 11) is 0. The number of Topliss-reactive ketones (excluding diaryl/α,β-unsaturated/α-hetero) is 1. The fourth-order valence-corrected chi connectivity index (χ4v) is 4.45. The Morgan fingerprint density at radius 3 is 2.30 bits per heavy atom. The third-order valence-corrected chi connectivity index (χ3v) is 6.22. The molecule has 0 spiro atoms. The van der Waals surface area contributed by atoms with Crippen molar-refractivity contribution in [1.82, 2.24) is 4.90 Å². The molecule has 4 rings (SSSR count). The quantitative estimate of drug-likeness (QED) is 0.696. The second kappa shape index (κ2) is 9.90. The second-order valence-corrected chi connectivity index (χ2v) is 8.18. The van der Waals surface area contributed by atoms with Crippen molar-refractivity contribution in [1.29, 1.82) is 0 Å². The van der Waals surface area contributed by atoms with Crippen molar-refractivity contribution < 1.29 is 19.1 Å². The molecule has 1 saturated heterocycles. The highest BCUT2D eigenvalue weighted by Crippen LogP contribution is 2.34. The summed E-state index contributed by atoms with van der Waals surface area (Å²) in [6.07, 6.45) is 4.24. The Bertz CT molecular complexity index is 831. The predicted molar refractivity (Wildman–Crippen MR) is 114 cm³/mol. The molecule has 5 nitrogen and oxygen atoms in total. The lowest BCUT2D eigenvalue weighted by Gasteiger charge is -2.30. The minimum atomic E-state index is -0.528. The van der Waals surface area contributed by atoms with E-state index in [0.717, 1.165) is 31.2 Å². The van der Waals surface area contributed by atoms with E-state index < -0.39 is 12.1 Å². The van der Waals surface area contributed by atoms with Gasteiger partial charge in [-0.05, 0) is 42.7 Å². The molecule has 1 atom stereocenters. The summed E-state index contributed by atoms with van der Waals surface area (Å²) in [6.45, 7) is 0.878. The van der Waals surface area contributed by atoms with Crippen molar-refractivity contribution in [3.8, 4) is 0 Å². The number of carbonyl (C=O) groups excluding carboxylic acids is 2. The maximum atomic E-state index is 12.5. The number of carbonyl (C=O) groups is 2. The van der Waals surface area contributed by atoms with Crippen molar-refractivity contribution in [3.05, 3.63) is 71.8 Å². The van der Waals surface area contributed by atoms with Crippen LogP contribution in [0, 0.1) is 0 Å². The molecule has 0 bridgehead atoms. The van der Waals surface area contributed by atoms with Crippen LogP contribution >= 0.6 is 0 Å². The molecule has 1 aliphatic carbocycles. The zero-order chi connectivity index (χ0) is 20.8. The third-order valence-electron chi connectivity index (χ3n) is 6.22. The minimum Gasteiger partial charge on any atom is -0.445 e. The number of nitrogens with zero attached hydrogens (tertiary/aromatic N) is 1. The van der Waals surface area contributed by atoms with Crippen LogP contribution in [0.3, 0.4) is 0 Å². The lowest BCUT2D eigenvalue weighted by atomic mass is 9.83. The van der Waals surface area contributed by atoms with E-state index in [1.165, 1.54) is 10.5 Å². The van der Waals surface area contributed by atoms with E-state index in [9.17, 15) is 9.59 Å². The Labute approximate surface area is 178 Å². The Balaban J connectivity index is 1.25. The van der Waals surface area contributed by atoms with E-state index in [-0.39, 0.29) is 25.1 Å². The number of amides is 1. The first-order valence-electron chi connectivity index (χ1n) is 10.9. The summed E-state index contributed by atoms with van der Waals surface area (Å²) < 4.78 is 11.5. The molecule has 2 aromatic rings. The van der Waals surface area contributed by atoms with Gasteiger partial charge in [-0.15, -0.1) is 0 Å². The fourth-order valence-electron chi connectivity index (χ4n) is 4.45. The SMILES string of the molecule is O=C1CCN(C(=O)OCc2ccccc2)C1CO[C@H]1CC[C@@H](c2ccccc2)CC1. The van der Waals surface area contributed by atoms with Gasteiger partial charge in [-0.1, -0.05) is 60.7 Å². The van der Waals surface area contributed by atoms with Crippen LogP contribution < -0.4 is 0 Å². The van der Waals surface area contributed by atoms with Gasteiger partial charge in [-0.25, -0.2) is 4.79 Å². The third kappa shape index (κ3) is 5.08. The van der Waals surface area contributed by atoms with Crippen LogP contribution in [0.4, 0.5) is 4.79 Å². The summed E-state index contributed by atoms with van der Waals surface area (Å²) in [5.41, 5.74) is 2.33. The number of hydrogen-bond donors (Lipinski definition) is 0. The van der Waals surface area contributed by atoms with Crippen molar-refractivity contribution in [2.75, 3.05) is 13.2 Å². The van der Waals surface area contributed by atoms with E-state index in [2.05, 4.69) is 24.3 Å². The van der Waals surface area contributed by atoms with Crippen molar-refractivity contribution in [2.24, 2.45) is 0 Å². The topological polar surface area (TPSA) is 55.8 Å². The van der Waals surface area contributed by atoms with Gasteiger partial charge in [-0.3, -0.25) is 9.69 Å². The molecule has 5 heteroatoms.